The molecule has 5 nitrogen and oxygen atoms in total. The van der Waals surface area contributed by atoms with Gasteiger partial charge in [0.15, 0.2) is 0 Å². The van der Waals surface area contributed by atoms with Gasteiger partial charge in [-0.25, -0.2) is 0 Å². The molecule has 0 atom stereocenters. The molecule has 6 heteroatoms. The van der Waals surface area contributed by atoms with Crippen molar-refractivity contribution in [3.63, 3.8) is 0 Å². The van der Waals surface area contributed by atoms with Crippen LogP contribution in [0.5, 0.6) is 5.75 Å². The van der Waals surface area contributed by atoms with Crippen molar-refractivity contribution in [3.8, 4) is 5.75 Å². The second kappa shape index (κ2) is 7.32. The summed E-state index contributed by atoms with van der Waals surface area (Å²) in [5, 5.41) is 3.49. The Morgan fingerprint density at radius 3 is 3.00 bits per heavy atom. The Morgan fingerprint density at radius 1 is 1.48 bits per heavy atom. The number of carbonyl (C=O) groups is 1. The van der Waals surface area contributed by atoms with Crippen LogP contribution >= 0.6 is 0 Å². The van der Waals surface area contributed by atoms with E-state index in [1.807, 2.05) is 23.6 Å². The first-order chi connectivity index (χ1) is 10.2. The molecule has 110 valence electrons. The van der Waals surface area contributed by atoms with Gasteiger partial charge in [-0.2, -0.15) is 0 Å². The molecule has 0 fully saturated rings. The molecule has 1 aromatic carbocycles. The van der Waals surface area contributed by atoms with Crippen LogP contribution in [0, 0.1) is 6.92 Å². The van der Waals surface area contributed by atoms with Crippen molar-refractivity contribution < 1.29 is 9.53 Å². The van der Waals surface area contributed by atoms with Gasteiger partial charge in [0.2, 0.25) is 0 Å². The molecule has 0 saturated carbocycles. The molecule has 0 unspecified atom stereocenters. The Morgan fingerprint density at radius 2 is 2.29 bits per heavy atom. The summed E-state index contributed by atoms with van der Waals surface area (Å²) >= 11 is 2.51. The standard InChI is InChI=1S/C15H18AsN3O2/c1-11-12(4-3-5-14(11)21-7-6-16)8-19-9-13(18-10-19)15(20)17-2/h3-5,9-10H,6-8H2,1-2H3,(H,17,20). The third-order valence-electron chi connectivity index (χ3n) is 3.19. The zero-order valence-electron chi connectivity index (χ0n) is 12.2. The van der Waals surface area contributed by atoms with Crippen LogP contribution in [-0.4, -0.2) is 46.0 Å². The quantitative estimate of drug-likeness (QED) is 0.807. The topological polar surface area (TPSA) is 56.2 Å². The first-order valence-corrected chi connectivity index (χ1v) is 8.04. The molecule has 1 aromatic heterocycles. The molecule has 1 N–H and O–H groups in total. The zero-order valence-corrected chi connectivity index (χ0v) is 14.0. The second-order valence-electron chi connectivity index (χ2n) is 4.62. The maximum atomic E-state index is 11.5. The number of aromatic nitrogens is 2. The molecule has 0 saturated heterocycles. The fourth-order valence-electron chi connectivity index (χ4n) is 2.03. The van der Waals surface area contributed by atoms with Crippen molar-refractivity contribution >= 4 is 22.8 Å². The first-order valence-electron chi connectivity index (χ1n) is 6.71. The van der Waals surface area contributed by atoms with Crippen LogP contribution in [0.3, 0.4) is 0 Å². The summed E-state index contributed by atoms with van der Waals surface area (Å²) in [7, 11) is 1.60. The average Bonchev–Trinajstić information content (AvgIpc) is 2.96. The van der Waals surface area contributed by atoms with E-state index >= 15 is 0 Å². The number of nitrogens with one attached hydrogen (secondary N) is 1. The molecule has 0 bridgehead atoms. The van der Waals surface area contributed by atoms with Crippen LogP contribution in [0.25, 0.3) is 0 Å². The first kappa shape index (κ1) is 15.6. The molecule has 2 radical (unpaired) electrons. The normalized spacial score (nSPS) is 10.4. The van der Waals surface area contributed by atoms with Gasteiger partial charge in [-0.1, -0.05) is 0 Å². The molecule has 2 rings (SSSR count). The van der Waals surface area contributed by atoms with Gasteiger partial charge < -0.3 is 0 Å². The summed E-state index contributed by atoms with van der Waals surface area (Å²) in [6.45, 7) is 3.40. The van der Waals surface area contributed by atoms with Crippen LogP contribution in [0.4, 0.5) is 0 Å². The van der Waals surface area contributed by atoms with E-state index < -0.39 is 0 Å². The maximum absolute atomic E-state index is 11.5. The van der Waals surface area contributed by atoms with Crippen molar-refractivity contribution in [1.82, 2.24) is 14.9 Å². The Hall–Kier alpha value is -1.74. The summed E-state index contributed by atoms with van der Waals surface area (Å²) in [6, 6.07) is 6.02. The van der Waals surface area contributed by atoms with Crippen molar-refractivity contribution in [2.24, 2.45) is 0 Å². The fourth-order valence-corrected chi connectivity index (χ4v) is 2.22. The predicted octanol–water partition coefficient (Wildman–Crippen LogP) is 1.57. The molecule has 1 amide bonds. The molecular weight excluding hydrogens is 329 g/mol. The Labute approximate surface area is 133 Å². The van der Waals surface area contributed by atoms with Gasteiger partial charge in [-0.05, 0) is 0 Å². The van der Waals surface area contributed by atoms with Crippen molar-refractivity contribution in [3.05, 3.63) is 47.5 Å². The van der Waals surface area contributed by atoms with E-state index in [1.165, 1.54) is 0 Å². The van der Waals surface area contributed by atoms with Gasteiger partial charge in [0.05, 0.1) is 0 Å². The Balaban J connectivity index is 2.15. The van der Waals surface area contributed by atoms with Crippen LogP contribution in [0.2, 0.25) is 5.21 Å². The SMILES string of the molecule is CNC(=O)c1cn(Cc2cccc(OCC[As])c2C)cn1. The number of rotatable bonds is 6. The van der Waals surface area contributed by atoms with Crippen LogP contribution in [0.15, 0.2) is 30.7 Å². The molecule has 0 spiro atoms. The number of nitrogens with zero attached hydrogens (tertiary/aromatic N) is 2. The van der Waals surface area contributed by atoms with E-state index in [0.29, 0.717) is 18.8 Å². The van der Waals surface area contributed by atoms with E-state index in [9.17, 15) is 4.79 Å². The predicted molar refractivity (Wildman–Crippen MR) is 82.0 cm³/mol. The van der Waals surface area contributed by atoms with Crippen molar-refractivity contribution in [2.45, 2.75) is 18.7 Å². The van der Waals surface area contributed by atoms with Crippen LogP contribution in [0.1, 0.15) is 21.6 Å². The van der Waals surface area contributed by atoms with Gasteiger partial charge in [-0.3, -0.25) is 0 Å². The van der Waals surface area contributed by atoms with Crippen LogP contribution in [-0.2, 0) is 6.54 Å². The van der Waals surface area contributed by atoms with Gasteiger partial charge >= 0.3 is 126 Å². The van der Waals surface area contributed by atoms with Gasteiger partial charge in [0.1, 0.15) is 0 Å². The monoisotopic (exact) mass is 347 g/mol. The van der Waals surface area contributed by atoms with Gasteiger partial charge in [0.25, 0.3) is 0 Å². The van der Waals surface area contributed by atoms with Crippen molar-refractivity contribution in [2.75, 3.05) is 13.7 Å². The Kier molecular flexibility index (Phi) is 5.45. The van der Waals surface area contributed by atoms with Gasteiger partial charge in [-0.15, -0.1) is 0 Å². The number of amides is 1. The average molecular weight is 347 g/mol. The Bertz CT molecular complexity index is 625. The summed E-state index contributed by atoms with van der Waals surface area (Å²) in [6.07, 6.45) is 3.41. The summed E-state index contributed by atoms with van der Waals surface area (Å²) in [5.74, 6) is 0.730. The summed E-state index contributed by atoms with van der Waals surface area (Å²) in [5.41, 5.74) is 2.69. The zero-order chi connectivity index (χ0) is 15.2. The molecule has 0 aliphatic heterocycles. The van der Waals surface area contributed by atoms with Crippen molar-refractivity contribution in [1.29, 1.82) is 0 Å². The number of benzene rings is 1. The van der Waals surface area contributed by atoms with E-state index in [-0.39, 0.29) is 5.91 Å². The molecular formula is C15H18AsN3O2. The summed E-state index contributed by atoms with van der Waals surface area (Å²) < 4.78 is 7.62. The molecule has 2 aromatic rings. The number of ether oxygens (including phenoxy) is 1. The third-order valence-corrected chi connectivity index (χ3v) is 3.57. The van der Waals surface area contributed by atoms with Gasteiger partial charge in [0, 0.05) is 7.05 Å². The van der Waals surface area contributed by atoms with E-state index in [2.05, 4.69) is 33.2 Å². The number of carbonyl (C=O) groups excluding carboxylic acids is 1. The van der Waals surface area contributed by atoms with E-state index in [0.717, 1.165) is 22.1 Å². The minimum atomic E-state index is -0.177. The summed E-state index contributed by atoms with van der Waals surface area (Å²) in [4.78, 5) is 15.6. The third kappa shape index (κ3) is 3.88. The number of hydrogen-bond donors (Lipinski definition) is 1. The molecule has 0 aliphatic carbocycles. The second-order valence-corrected chi connectivity index (χ2v) is 5.56. The minimum absolute atomic E-state index is 0.177. The fraction of sp³-hybridized carbons (Fsp3) is 0.333. The van der Waals surface area contributed by atoms with E-state index in [1.54, 1.807) is 19.6 Å². The van der Waals surface area contributed by atoms with E-state index in [4.69, 9.17) is 4.74 Å². The number of hydrogen-bond acceptors (Lipinski definition) is 3. The number of imidazole rings is 1. The molecule has 0 aliphatic rings. The molecule has 1 heterocycles. The molecule has 21 heavy (non-hydrogen) atoms. The van der Waals surface area contributed by atoms with Crippen LogP contribution < -0.4 is 10.1 Å².